The van der Waals surface area contributed by atoms with Crippen LogP contribution in [0.1, 0.15) is 6.92 Å². The lowest BCUT2D eigenvalue weighted by atomic mass is 10.4. The second-order valence-corrected chi connectivity index (χ2v) is 1.34. The van der Waals surface area contributed by atoms with E-state index >= 15 is 0 Å². The van der Waals surface area contributed by atoms with Crippen molar-refractivity contribution in [2.45, 2.75) is 6.92 Å². The van der Waals surface area contributed by atoms with Gasteiger partial charge in [-0.25, -0.2) is 0 Å². The van der Waals surface area contributed by atoms with Crippen molar-refractivity contribution in [3.05, 3.63) is 11.5 Å². The summed E-state index contributed by atoms with van der Waals surface area (Å²) in [6.45, 7) is 1.64. The molecule has 0 amide bonds. The Balaban J connectivity index is 4.20. The molecule has 4 heteroatoms. The molecule has 0 rings (SSSR count). The normalized spacial score (nSPS) is 11.1. The van der Waals surface area contributed by atoms with Crippen LogP contribution in [-0.2, 0) is 9.53 Å². The van der Waals surface area contributed by atoms with Gasteiger partial charge in [0.05, 0.1) is 5.70 Å². The molecule has 2 N–H and O–H groups in total. The van der Waals surface area contributed by atoms with Gasteiger partial charge in [-0.15, -0.1) is 0 Å². The Labute approximate surface area is 52.5 Å². The summed E-state index contributed by atoms with van der Waals surface area (Å²) in [5, 5.41) is 8.16. The van der Waals surface area contributed by atoms with Crippen LogP contribution in [0.4, 0.5) is 0 Å². The molecule has 0 aliphatic carbocycles. The Morgan fingerprint density at radius 2 is 2.44 bits per heavy atom. The first-order valence-corrected chi connectivity index (χ1v) is 2.19. The summed E-state index contributed by atoms with van der Waals surface area (Å²) in [6.07, 6.45) is 0. The molecule has 0 atom stereocenters. The summed E-state index contributed by atoms with van der Waals surface area (Å²) >= 11 is 0. The van der Waals surface area contributed by atoms with Gasteiger partial charge < -0.3 is 10.5 Å². The van der Waals surface area contributed by atoms with E-state index in [4.69, 9.17) is 11.0 Å². The number of hydrogen-bond donors (Lipinski definition) is 1. The molecule has 0 fully saturated rings. The predicted octanol–water partition coefficient (Wildman–Crippen LogP) is -0.127. The molecule has 0 bridgehead atoms. The van der Waals surface area contributed by atoms with Crippen molar-refractivity contribution in [2.75, 3.05) is 0 Å². The first-order valence-electron chi connectivity index (χ1n) is 2.19. The van der Waals surface area contributed by atoms with E-state index in [1.165, 1.54) is 6.92 Å². The number of ether oxygens (including phenoxy) is 1. The zero-order chi connectivity index (χ0) is 7.28. The van der Waals surface area contributed by atoms with Crippen LogP contribution < -0.4 is 5.73 Å². The highest BCUT2D eigenvalue weighted by molar-refractivity contribution is 5.42. The van der Waals surface area contributed by atoms with E-state index in [0.29, 0.717) is 0 Å². The molecular formula is C5H6N2O2. The third-order valence-electron chi connectivity index (χ3n) is 0.626. The summed E-state index contributed by atoms with van der Waals surface area (Å²) in [4.78, 5) is 9.62. The zero-order valence-electron chi connectivity index (χ0n) is 4.92. The quantitative estimate of drug-likeness (QED) is 0.317. The monoisotopic (exact) mass is 126 g/mol. The van der Waals surface area contributed by atoms with Crippen LogP contribution in [0.5, 0.6) is 0 Å². The van der Waals surface area contributed by atoms with E-state index in [9.17, 15) is 4.79 Å². The largest absolute Gasteiger partial charge is 0.415 e. The number of nitriles is 1. The van der Waals surface area contributed by atoms with Crippen LogP contribution >= 0.6 is 0 Å². The molecule has 0 aliphatic heterocycles. The van der Waals surface area contributed by atoms with E-state index in [2.05, 4.69) is 4.74 Å². The first kappa shape index (κ1) is 7.50. The molecule has 48 valence electrons. The molecule has 0 unspecified atom stereocenters. The summed E-state index contributed by atoms with van der Waals surface area (Å²) in [6, 6.07) is 1.60. The van der Waals surface area contributed by atoms with Crippen LogP contribution in [0.25, 0.3) is 0 Å². The van der Waals surface area contributed by atoms with Gasteiger partial charge in [0.1, 0.15) is 6.07 Å². The molecule has 4 nitrogen and oxygen atoms in total. The number of hydrogen-bond acceptors (Lipinski definition) is 4. The standard InChI is InChI=1S/C5H6N2O2/c1-4(7)5(2-6)9-3-8/h3H,7H2,1H3/b5-4+. The Kier molecular flexibility index (Phi) is 2.91. The molecule has 0 aromatic carbocycles. The van der Waals surface area contributed by atoms with Crippen molar-refractivity contribution in [3.63, 3.8) is 0 Å². The van der Waals surface area contributed by atoms with Crippen molar-refractivity contribution in [1.29, 1.82) is 5.26 Å². The van der Waals surface area contributed by atoms with Crippen LogP contribution in [0, 0.1) is 11.3 Å². The van der Waals surface area contributed by atoms with Gasteiger partial charge in [0.2, 0.25) is 5.76 Å². The van der Waals surface area contributed by atoms with E-state index < -0.39 is 0 Å². The fourth-order valence-electron chi connectivity index (χ4n) is 0.256. The Hall–Kier alpha value is -1.50. The highest BCUT2D eigenvalue weighted by Gasteiger charge is 1.96. The third kappa shape index (κ3) is 2.34. The molecule has 0 heterocycles. The number of nitrogens with zero attached hydrogens (tertiary/aromatic N) is 1. The molecule has 0 radical (unpaired) electrons. The molecule has 0 aromatic heterocycles. The smallest absolute Gasteiger partial charge is 0.299 e. The Morgan fingerprint density at radius 1 is 1.89 bits per heavy atom. The van der Waals surface area contributed by atoms with Crippen molar-refractivity contribution in [3.8, 4) is 6.07 Å². The number of nitrogens with two attached hydrogens (primary N) is 1. The fraction of sp³-hybridized carbons (Fsp3) is 0.200. The van der Waals surface area contributed by atoms with Crippen LogP contribution in [0.3, 0.4) is 0 Å². The van der Waals surface area contributed by atoms with Crippen molar-refractivity contribution in [2.24, 2.45) is 5.73 Å². The van der Waals surface area contributed by atoms with Crippen molar-refractivity contribution >= 4 is 6.47 Å². The average Bonchev–Trinajstić information content (AvgIpc) is 1.82. The SMILES string of the molecule is C/C(N)=C(/C#N)OC=O. The van der Waals surface area contributed by atoms with E-state index in [1.807, 2.05) is 0 Å². The minimum absolute atomic E-state index is 0.148. The topological polar surface area (TPSA) is 76.1 Å². The van der Waals surface area contributed by atoms with Crippen LogP contribution in [0.15, 0.2) is 11.5 Å². The van der Waals surface area contributed by atoms with Gasteiger partial charge in [-0.1, -0.05) is 0 Å². The highest BCUT2D eigenvalue weighted by atomic mass is 16.5. The van der Waals surface area contributed by atoms with Crippen LogP contribution in [0.2, 0.25) is 0 Å². The summed E-state index contributed by atoms with van der Waals surface area (Å²) < 4.78 is 4.17. The highest BCUT2D eigenvalue weighted by Crippen LogP contribution is 1.95. The number of rotatable bonds is 2. The lowest BCUT2D eigenvalue weighted by Gasteiger charge is -1.93. The average molecular weight is 126 g/mol. The van der Waals surface area contributed by atoms with Gasteiger partial charge in [-0.3, -0.25) is 4.79 Å². The Bertz CT molecular complexity index is 174. The van der Waals surface area contributed by atoms with Gasteiger partial charge in [0, 0.05) is 0 Å². The molecule has 0 saturated heterocycles. The lowest BCUT2D eigenvalue weighted by Crippen LogP contribution is -1.99. The lowest BCUT2D eigenvalue weighted by molar-refractivity contribution is -0.124. The minimum Gasteiger partial charge on any atom is -0.415 e. The van der Waals surface area contributed by atoms with Crippen molar-refractivity contribution in [1.82, 2.24) is 0 Å². The van der Waals surface area contributed by atoms with Crippen molar-refractivity contribution < 1.29 is 9.53 Å². The predicted molar refractivity (Wildman–Crippen MR) is 29.6 cm³/mol. The van der Waals surface area contributed by atoms with E-state index in [0.717, 1.165) is 0 Å². The summed E-state index contributed by atoms with van der Waals surface area (Å²) in [5.41, 5.74) is 5.31. The molecule has 0 aromatic rings. The molecule has 0 spiro atoms. The third-order valence-corrected chi connectivity index (χ3v) is 0.626. The molecule has 0 saturated carbocycles. The molecule has 0 aliphatic rings. The van der Waals surface area contributed by atoms with E-state index in [1.54, 1.807) is 6.07 Å². The van der Waals surface area contributed by atoms with Gasteiger partial charge in [-0.2, -0.15) is 5.26 Å². The number of allylic oxidation sites excluding steroid dienone is 2. The summed E-state index contributed by atoms with van der Waals surface area (Å²) in [7, 11) is 0. The molecule has 9 heavy (non-hydrogen) atoms. The van der Waals surface area contributed by atoms with Gasteiger partial charge >= 0.3 is 0 Å². The molecular weight excluding hydrogens is 120 g/mol. The van der Waals surface area contributed by atoms with Gasteiger partial charge in [0.25, 0.3) is 6.47 Å². The van der Waals surface area contributed by atoms with Crippen LogP contribution in [-0.4, -0.2) is 6.47 Å². The maximum atomic E-state index is 9.62. The second-order valence-electron chi connectivity index (χ2n) is 1.34. The second kappa shape index (κ2) is 3.50. The van der Waals surface area contributed by atoms with E-state index in [-0.39, 0.29) is 17.9 Å². The number of carbonyl (C=O) groups excluding carboxylic acids is 1. The maximum Gasteiger partial charge on any atom is 0.299 e. The van der Waals surface area contributed by atoms with Gasteiger partial charge in [-0.05, 0) is 6.92 Å². The Morgan fingerprint density at radius 3 is 2.56 bits per heavy atom. The minimum atomic E-state index is -0.148. The maximum absolute atomic E-state index is 9.62. The fourth-order valence-corrected chi connectivity index (χ4v) is 0.256. The number of carbonyl (C=O) groups is 1. The summed E-state index contributed by atoms with van der Waals surface area (Å²) in [5.74, 6) is -0.148. The van der Waals surface area contributed by atoms with Gasteiger partial charge in [0.15, 0.2) is 0 Å². The zero-order valence-corrected chi connectivity index (χ0v) is 4.92. The first-order chi connectivity index (χ1) is 4.22.